The molecule has 0 spiro atoms. The number of allylic oxidation sites excluding steroid dienone is 1. The second-order valence-electron chi connectivity index (χ2n) is 5.67. The summed E-state index contributed by atoms with van der Waals surface area (Å²) in [6.07, 6.45) is 7.59. The molecule has 0 fully saturated rings. The second kappa shape index (κ2) is 8.16. The minimum absolute atomic E-state index is 0.494. The van der Waals surface area contributed by atoms with Crippen molar-refractivity contribution >= 4 is 0 Å². The first-order valence-corrected chi connectivity index (χ1v) is 7.46. The predicted octanol–water partition coefficient (Wildman–Crippen LogP) is 3.73. The van der Waals surface area contributed by atoms with Crippen LogP contribution in [0.4, 0.5) is 0 Å². The largest absolute Gasteiger partial charge is 0.314 e. The molecule has 0 saturated carbocycles. The third-order valence-electron chi connectivity index (χ3n) is 3.36. The number of nitrogens with zero attached hydrogens (tertiary/aromatic N) is 2. The van der Waals surface area contributed by atoms with Crippen LogP contribution in [0.2, 0.25) is 0 Å². The standard InChI is InChI=1S/C16H29N3/c1-6-15(5)19-11-9-16(18-19)12-14(4)8-7-10-17-13(2)3/h8-9,11,13,15,17H,6-7,10,12H2,1-5H3. The van der Waals surface area contributed by atoms with E-state index in [-0.39, 0.29) is 0 Å². The van der Waals surface area contributed by atoms with Crippen LogP contribution in [0.5, 0.6) is 0 Å². The van der Waals surface area contributed by atoms with E-state index in [0.717, 1.165) is 25.8 Å². The van der Waals surface area contributed by atoms with Crippen molar-refractivity contribution in [3.8, 4) is 0 Å². The van der Waals surface area contributed by atoms with Crippen LogP contribution in [0.3, 0.4) is 0 Å². The highest BCUT2D eigenvalue weighted by Gasteiger charge is 2.04. The lowest BCUT2D eigenvalue weighted by Gasteiger charge is -2.08. The summed E-state index contributed by atoms with van der Waals surface area (Å²) in [5.74, 6) is 0. The summed E-state index contributed by atoms with van der Waals surface area (Å²) in [4.78, 5) is 0. The van der Waals surface area contributed by atoms with E-state index >= 15 is 0 Å². The fourth-order valence-electron chi connectivity index (χ4n) is 1.95. The number of hydrogen-bond donors (Lipinski definition) is 1. The van der Waals surface area contributed by atoms with Gasteiger partial charge in [0, 0.05) is 24.7 Å². The van der Waals surface area contributed by atoms with Crippen molar-refractivity contribution in [3.63, 3.8) is 0 Å². The minimum atomic E-state index is 0.494. The molecule has 1 aromatic heterocycles. The monoisotopic (exact) mass is 263 g/mol. The van der Waals surface area contributed by atoms with Gasteiger partial charge in [0.25, 0.3) is 0 Å². The van der Waals surface area contributed by atoms with Gasteiger partial charge in [-0.3, -0.25) is 4.68 Å². The van der Waals surface area contributed by atoms with Crippen molar-refractivity contribution in [2.24, 2.45) is 0 Å². The molecule has 108 valence electrons. The zero-order valence-corrected chi connectivity index (χ0v) is 13.1. The molecular formula is C16H29N3. The summed E-state index contributed by atoms with van der Waals surface area (Å²) in [5, 5.41) is 8.06. The Morgan fingerprint density at radius 2 is 2.16 bits per heavy atom. The van der Waals surface area contributed by atoms with E-state index < -0.39 is 0 Å². The van der Waals surface area contributed by atoms with E-state index in [1.807, 2.05) is 0 Å². The van der Waals surface area contributed by atoms with Crippen LogP contribution < -0.4 is 5.32 Å². The molecule has 0 radical (unpaired) electrons. The SMILES string of the molecule is CCC(C)n1ccc(CC(C)=CCCNC(C)C)n1. The van der Waals surface area contributed by atoms with Crippen molar-refractivity contribution in [2.75, 3.05) is 6.54 Å². The van der Waals surface area contributed by atoms with Crippen LogP contribution in [0.25, 0.3) is 0 Å². The van der Waals surface area contributed by atoms with Crippen LogP contribution in [0.15, 0.2) is 23.9 Å². The minimum Gasteiger partial charge on any atom is -0.314 e. The Labute approximate surface area is 118 Å². The summed E-state index contributed by atoms with van der Waals surface area (Å²) < 4.78 is 2.07. The first kappa shape index (κ1) is 16.0. The Hall–Kier alpha value is -1.09. The van der Waals surface area contributed by atoms with Crippen LogP contribution in [-0.2, 0) is 6.42 Å². The Kier molecular flexibility index (Phi) is 6.85. The molecule has 3 heteroatoms. The number of rotatable bonds is 8. The quantitative estimate of drug-likeness (QED) is 0.572. The van der Waals surface area contributed by atoms with Crippen molar-refractivity contribution in [2.45, 2.75) is 66.0 Å². The molecule has 0 aromatic carbocycles. The molecule has 1 unspecified atom stereocenters. The number of aromatic nitrogens is 2. The average Bonchev–Trinajstić information content (AvgIpc) is 2.82. The van der Waals surface area contributed by atoms with Crippen LogP contribution in [0.1, 0.15) is 59.2 Å². The molecule has 1 rings (SSSR count). The van der Waals surface area contributed by atoms with E-state index in [1.54, 1.807) is 0 Å². The van der Waals surface area contributed by atoms with Gasteiger partial charge in [-0.15, -0.1) is 0 Å². The maximum atomic E-state index is 4.64. The molecule has 0 aliphatic heterocycles. The molecular weight excluding hydrogens is 234 g/mol. The highest BCUT2D eigenvalue weighted by atomic mass is 15.3. The summed E-state index contributed by atoms with van der Waals surface area (Å²) in [6, 6.07) is 3.20. The number of hydrogen-bond acceptors (Lipinski definition) is 2. The van der Waals surface area contributed by atoms with Gasteiger partial charge in [-0.05, 0) is 39.3 Å². The molecule has 0 amide bonds. The van der Waals surface area contributed by atoms with Gasteiger partial charge in [-0.25, -0.2) is 0 Å². The Bertz CT molecular complexity index is 390. The lowest BCUT2D eigenvalue weighted by molar-refractivity contribution is 0.474. The van der Waals surface area contributed by atoms with E-state index in [1.165, 1.54) is 11.3 Å². The smallest absolute Gasteiger partial charge is 0.0664 e. The maximum absolute atomic E-state index is 4.64. The van der Waals surface area contributed by atoms with Gasteiger partial charge in [0.1, 0.15) is 0 Å². The van der Waals surface area contributed by atoms with Gasteiger partial charge in [0.05, 0.1) is 5.69 Å². The van der Waals surface area contributed by atoms with E-state index in [9.17, 15) is 0 Å². The third-order valence-corrected chi connectivity index (χ3v) is 3.36. The molecule has 0 aliphatic rings. The lowest BCUT2D eigenvalue weighted by Crippen LogP contribution is -2.23. The van der Waals surface area contributed by atoms with Crippen molar-refractivity contribution in [1.29, 1.82) is 0 Å². The van der Waals surface area contributed by atoms with Gasteiger partial charge in [0.15, 0.2) is 0 Å². The lowest BCUT2D eigenvalue weighted by atomic mass is 10.1. The Morgan fingerprint density at radius 3 is 2.79 bits per heavy atom. The molecule has 0 bridgehead atoms. The molecule has 0 saturated heterocycles. The molecule has 19 heavy (non-hydrogen) atoms. The normalized spacial score (nSPS) is 14.1. The Balaban J connectivity index is 2.41. The maximum Gasteiger partial charge on any atom is 0.0664 e. The summed E-state index contributed by atoms with van der Waals surface area (Å²) in [6.45, 7) is 12.0. The highest BCUT2D eigenvalue weighted by Crippen LogP contribution is 2.11. The molecule has 1 heterocycles. The fourth-order valence-corrected chi connectivity index (χ4v) is 1.95. The van der Waals surface area contributed by atoms with Crippen molar-refractivity contribution < 1.29 is 0 Å². The highest BCUT2D eigenvalue weighted by molar-refractivity contribution is 5.12. The zero-order valence-electron chi connectivity index (χ0n) is 13.1. The van der Waals surface area contributed by atoms with Gasteiger partial charge in [-0.2, -0.15) is 5.10 Å². The van der Waals surface area contributed by atoms with Crippen molar-refractivity contribution in [3.05, 3.63) is 29.6 Å². The third kappa shape index (κ3) is 6.06. The van der Waals surface area contributed by atoms with Crippen LogP contribution in [0, 0.1) is 0 Å². The summed E-state index contributed by atoms with van der Waals surface area (Å²) >= 11 is 0. The molecule has 1 N–H and O–H groups in total. The van der Waals surface area contributed by atoms with E-state index in [0.29, 0.717) is 12.1 Å². The Morgan fingerprint density at radius 1 is 1.42 bits per heavy atom. The van der Waals surface area contributed by atoms with Gasteiger partial charge in [0.2, 0.25) is 0 Å². The van der Waals surface area contributed by atoms with Gasteiger partial charge in [-0.1, -0.05) is 32.4 Å². The molecule has 0 aliphatic carbocycles. The van der Waals surface area contributed by atoms with Gasteiger partial charge < -0.3 is 5.32 Å². The second-order valence-corrected chi connectivity index (χ2v) is 5.67. The van der Waals surface area contributed by atoms with Crippen LogP contribution >= 0.6 is 0 Å². The van der Waals surface area contributed by atoms with E-state index in [2.05, 4.69) is 68.1 Å². The summed E-state index contributed by atoms with van der Waals surface area (Å²) in [7, 11) is 0. The predicted molar refractivity (Wildman–Crippen MR) is 82.4 cm³/mol. The van der Waals surface area contributed by atoms with Crippen LogP contribution in [-0.4, -0.2) is 22.4 Å². The van der Waals surface area contributed by atoms with Crippen molar-refractivity contribution in [1.82, 2.24) is 15.1 Å². The fraction of sp³-hybridized carbons (Fsp3) is 0.688. The number of nitrogens with one attached hydrogen (secondary N) is 1. The van der Waals surface area contributed by atoms with Gasteiger partial charge >= 0.3 is 0 Å². The average molecular weight is 263 g/mol. The molecule has 1 atom stereocenters. The molecule has 1 aromatic rings. The molecule has 3 nitrogen and oxygen atoms in total. The topological polar surface area (TPSA) is 29.9 Å². The first-order chi connectivity index (χ1) is 9.02. The summed E-state index contributed by atoms with van der Waals surface area (Å²) in [5.41, 5.74) is 2.57. The first-order valence-electron chi connectivity index (χ1n) is 7.46. The zero-order chi connectivity index (χ0) is 14.3. The van der Waals surface area contributed by atoms with E-state index in [4.69, 9.17) is 0 Å².